The number of hydrogen-bond donors (Lipinski definition) is 2. The molecule has 136 valence electrons. The first-order valence-electron chi connectivity index (χ1n) is 7.90. The van der Waals surface area contributed by atoms with E-state index < -0.39 is 10.0 Å². The third kappa shape index (κ3) is 4.05. The van der Waals surface area contributed by atoms with Crippen molar-refractivity contribution >= 4 is 33.5 Å². The number of anilines is 2. The minimum absolute atomic E-state index is 0.0977. The molecular weight excluding hydrogens is 364 g/mol. The lowest BCUT2D eigenvalue weighted by Gasteiger charge is -2.44. The summed E-state index contributed by atoms with van der Waals surface area (Å²) in [6.07, 6.45) is 1.89. The highest BCUT2D eigenvalue weighted by atomic mass is 35.5. The summed E-state index contributed by atoms with van der Waals surface area (Å²) in [5.74, 6) is 0.787. The van der Waals surface area contributed by atoms with Gasteiger partial charge in [0.05, 0.1) is 6.26 Å². The fourth-order valence-electron chi connectivity index (χ4n) is 3.20. The fraction of sp³-hybridized carbons (Fsp3) is 0.467. The van der Waals surface area contributed by atoms with Gasteiger partial charge in [-0.25, -0.2) is 8.42 Å². The molecule has 1 aromatic carbocycles. The zero-order valence-corrected chi connectivity index (χ0v) is 15.6. The maximum absolute atomic E-state index is 12.1. The van der Waals surface area contributed by atoms with Crippen LogP contribution in [0.5, 0.6) is 0 Å². The predicted octanol–water partition coefficient (Wildman–Crippen LogP) is 1.12. The van der Waals surface area contributed by atoms with Crippen molar-refractivity contribution in [1.82, 2.24) is 19.5 Å². The Morgan fingerprint density at radius 2 is 1.96 bits per heavy atom. The Bertz CT molecular complexity index is 838. The van der Waals surface area contributed by atoms with Crippen molar-refractivity contribution < 1.29 is 8.42 Å². The largest absolute Gasteiger partial charge is 0.368 e. The molecule has 1 saturated heterocycles. The van der Waals surface area contributed by atoms with E-state index in [0.29, 0.717) is 30.5 Å². The van der Waals surface area contributed by atoms with E-state index in [4.69, 9.17) is 17.3 Å². The number of nitrogens with two attached hydrogens (primary N) is 1. The van der Waals surface area contributed by atoms with Crippen molar-refractivity contribution in [2.45, 2.75) is 25.4 Å². The number of benzene rings is 1. The SMILES string of the molecule is C[C@H]1CN(c2nnc(N)[nH]2)C(Cc2ccc(Cl)cc2)CN1S(C)(=O)=O. The average Bonchev–Trinajstić information content (AvgIpc) is 2.96. The van der Waals surface area contributed by atoms with Crippen LogP contribution >= 0.6 is 11.6 Å². The van der Waals surface area contributed by atoms with Crippen LogP contribution < -0.4 is 10.6 Å². The van der Waals surface area contributed by atoms with Gasteiger partial charge in [0.25, 0.3) is 0 Å². The van der Waals surface area contributed by atoms with Crippen LogP contribution in [0, 0.1) is 0 Å². The van der Waals surface area contributed by atoms with Gasteiger partial charge in [0.2, 0.25) is 21.9 Å². The number of aromatic nitrogens is 3. The van der Waals surface area contributed by atoms with Crippen molar-refractivity contribution in [3.05, 3.63) is 34.9 Å². The zero-order chi connectivity index (χ0) is 18.2. The van der Waals surface area contributed by atoms with Crippen LogP contribution in [-0.4, -0.2) is 59.3 Å². The highest BCUT2D eigenvalue weighted by molar-refractivity contribution is 7.88. The molecule has 1 aromatic heterocycles. The Kier molecular flexibility index (Phi) is 4.90. The van der Waals surface area contributed by atoms with Gasteiger partial charge in [-0.3, -0.25) is 4.98 Å². The van der Waals surface area contributed by atoms with E-state index in [-0.39, 0.29) is 18.0 Å². The number of halogens is 1. The third-order valence-corrected chi connectivity index (χ3v) is 5.97. The molecule has 0 saturated carbocycles. The number of nitrogens with one attached hydrogen (secondary N) is 1. The number of piperazine rings is 1. The highest BCUT2D eigenvalue weighted by Gasteiger charge is 2.37. The standard InChI is InChI=1S/C15H21ClN6O2S/c1-10-8-21(15-18-14(17)19-20-15)13(9-22(10)25(2,23)24)7-11-3-5-12(16)6-4-11/h3-6,10,13H,7-9H2,1-2H3,(H3,17,18,19,20)/t10-,13?/m0/s1. The second-order valence-electron chi connectivity index (χ2n) is 6.35. The average molecular weight is 385 g/mol. The van der Waals surface area contributed by atoms with E-state index >= 15 is 0 Å². The fourth-order valence-corrected chi connectivity index (χ4v) is 4.48. The topological polar surface area (TPSA) is 108 Å². The van der Waals surface area contributed by atoms with Crippen LogP contribution in [0.4, 0.5) is 11.9 Å². The summed E-state index contributed by atoms with van der Waals surface area (Å²) < 4.78 is 25.8. The van der Waals surface area contributed by atoms with E-state index in [2.05, 4.69) is 15.2 Å². The van der Waals surface area contributed by atoms with E-state index in [1.165, 1.54) is 10.6 Å². The van der Waals surface area contributed by atoms with Crippen LogP contribution in [0.2, 0.25) is 5.02 Å². The van der Waals surface area contributed by atoms with Crippen molar-refractivity contribution in [2.24, 2.45) is 0 Å². The predicted molar refractivity (Wildman–Crippen MR) is 98.1 cm³/mol. The molecule has 25 heavy (non-hydrogen) atoms. The number of nitrogens with zero attached hydrogens (tertiary/aromatic N) is 4. The van der Waals surface area contributed by atoms with E-state index in [0.717, 1.165) is 5.56 Å². The summed E-state index contributed by atoms with van der Waals surface area (Å²) in [5, 5.41) is 8.56. The van der Waals surface area contributed by atoms with Gasteiger partial charge in [0.15, 0.2) is 0 Å². The number of nitrogen functional groups attached to an aromatic ring is 1. The van der Waals surface area contributed by atoms with Gasteiger partial charge in [0.1, 0.15) is 0 Å². The smallest absolute Gasteiger partial charge is 0.226 e. The molecule has 2 aromatic rings. The van der Waals surface area contributed by atoms with Gasteiger partial charge < -0.3 is 10.6 Å². The van der Waals surface area contributed by atoms with Gasteiger partial charge >= 0.3 is 0 Å². The Morgan fingerprint density at radius 1 is 1.28 bits per heavy atom. The third-order valence-electron chi connectivity index (χ3n) is 4.36. The van der Waals surface area contributed by atoms with Crippen LogP contribution in [0.1, 0.15) is 12.5 Å². The van der Waals surface area contributed by atoms with Crippen LogP contribution in [0.3, 0.4) is 0 Å². The van der Waals surface area contributed by atoms with Crippen molar-refractivity contribution in [3.8, 4) is 0 Å². The summed E-state index contributed by atoms with van der Waals surface area (Å²) in [6, 6.07) is 7.26. The lowest BCUT2D eigenvalue weighted by Crippen LogP contribution is -2.59. The molecule has 1 unspecified atom stereocenters. The Balaban J connectivity index is 1.90. The van der Waals surface area contributed by atoms with E-state index in [1.807, 2.05) is 36.1 Å². The zero-order valence-electron chi connectivity index (χ0n) is 14.1. The molecule has 0 bridgehead atoms. The monoisotopic (exact) mass is 384 g/mol. The second-order valence-corrected chi connectivity index (χ2v) is 8.72. The molecule has 0 spiro atoms. The molecule has 0 amide bonds. The summed E-state index contributed by atoms with van der Waals surface area (Å²) in [6.45, 7) is 2.75. The molecule has 10 heteroatoms. The lowest BCUT2D eigenvalue weighted by atomic mass is 10.0. The molecule has 1 fully saturated rings. The molecule has 0 radical (unpaired) electrons. The maximum atomic E-state index is 12.1. The molecule has 0 aliphatic carbocycles. The first kappa shape index (κ1) is 18.0. The van der Waals surface area contributed by atoms with Crippen molar-refractivity contribution in [1.29, 1.82) is 0 Å². The van der Waals surface area contributed by atoms with Crippen LogP contribution in [0.15, 0.2) is 24.3 Å². The Labute approximate surface area is 152 Å². The first-order valence-corrected chi connectivity index (χ1v) is 10.1. The molecule has 3 rings (SSSR count). The van der Waals surface area contributed by atoms with Gasteiger partial charge in [0, 0.05) is 30.2 Å². The minimum Gasteiger partial charge on any atom is -0.368 e. The van der Waals surface area contributed by atoms with Gasteiger partial charge in [-0.2, -0.15) is 4.31 Å². The molecular formula is C15H21ClN6O2S. The number of hydrogen-bond acceptors (Lipinski definition) is 6. The van der Waals surface area contributed by atoms with Crippen molar-refractivity contribution in [3.63, 3.8) is 0 Å². The number of aromatic amines is 1. The second kappa shape index (κ2) is 6.81. The van der Waals surface area contributed by atoms with Crippen LogP contribution in [0.25, 0.3) is 0 Å². The molecule has 1 aliphatic heterocycles. The van der Waals surface area contributed by atoms with Gasteiger partial charge in [-0.05, 0) is 31.0 Å². The number of rotatable bonds is 4. The molecule has 8 nitrogen and oxygen atoms in total. The highest BCUT2D eigenvalue weighted by Crippen LogP contribution is 2.25. The molecule has 2 heterocycles. The normalized spacial score (nSPS) is 22.3. The summed E-state index contributed by atoms with van der Waals surface area (Å²) in [5.41, 5.74) is 6.72. The number of H-pyrrole nitrogens is 1. The Morgan fingerprint density at radius 3 is 2.52 bits per heavy atom. The van der Waals surface area contributed by atoms with Crippen molar-refractivity contribution in [2.75, 3.05) is 30.0 Å². The maximum Gasteiger partial charge on any atom is 0.226 e. The molecule has 1 aliphatic rings. The minimum atomic E-state index is -3.29. The molecule has 2 atom stereocenters. The summed E-state index contributed by atoms with van der Waals surface area (Å²) in [7, 11) is -3.29. The molecule has 3 N–H and O–H groups in total. The summed E-state index contributed by atoms with van der Waals surface area (Å²) >= 11 is 5.95. The number of sulfonamides is 1. The van der Waals surface area contributed by atoms with E-state index in [1.54, 1.807) is 0 Å². The quantitative estimate of drug-likeness (QED) is 0.817. The van der Waals surface area contributed by atoms with Crippen LogP contribution in [-0.2, 0) is 16.4 Å². The van der Waals surface area contributed by atoms with E-state index in [9.17, 15) is 8.42 Å². The van der Waals surface area contributed by atoms with Gasteiger partial charge in [-0.1, -0.05) is 23.7 Å². The lowest BCUT2D eigenvalue weighted by molar-refractivity contribution is 0.264. The van der Waals surface area contributed by atoms with Gasteiger partial charge in [-0.15, -0.1) is 10.2 Å². The summed E-state index contributed by atoms with van der Waals surface area (Å²) in [4.78, 5) is 4.97. The first-order chi connectivity index (χ1) is 11.7. The Hall–Kier alpha value is -1.84.